The van der Waals surface area contributed by atoms with Gasteiger partial charge in [-0.15, -0.1) is 10.2 Å². The zero-order chi connectivity index (χ0) is 12.8. The van der Waals surface area contributed by atoms with Crippen molar-refractivity contribution in [2.45, 2.75) is 32.6 Å². The fraction of sp³-hybridized carbons (Fsp3) is 0.692. The average Bonchev–Trinajstić information content (AvgIpc) is 2.40. The van der Waals surface area contributed by atoms with Crippen molar-refractivity contribution in [2.24, 2.45) is 5.41 Å². The molecule has 0 aromatic carbocycles. The number of nitrogens with one attached hydrogen (secondary N) is 2. The van der Waals surface area contributed by atoms with Crippen LogP contribution in [0.15, 0.2) is 12.1 Å². The number of halogens is 1. The molecular formula is C13H21ClN4. The third-order valence-electron chi connectivity index (χ3n) is 3.62. The van der Waals surface area contributed by atoms with Gasteiger partial charge in [0.15, 0.2) is 5.15 Å². The molecule has 1 aromatic rings. The lowest BCUT2D eigenvalue weighted by Gasteiger charge is -2.38. The Morgan fingerprint density at radius 3 is 2.94 bits per heavy atom. The second-order valence-electron chi connectivity index (χ2n) is 5.13. The highest BCUT2D eigenvalue weighted by molar-refractivity contribution is 6.29. The standard InChI is InChI=1S/C13H21ClN4/c1-2-6-13(7-3-8-15-9-13)10-16-12-5-4-11(14)17-18-12/h4-5,15H,2-3,6-10H2,1H3,(H,16,18). The molecule has 0 aliphatic carbocycles. The molecule has 1 aromatic heterocycles. The summed E-state index contributed by atoms with van der Waals surface area (Å²) in [6.07, 6.45) is 5.00. The first-order valence-electron chi connectivity index (χ1n) is 6.68. The van der Waals surface area contributed by atoms with Crippen LogP contribution in [0.3, 0.4) is 0 Å². The van der Waals surface area contributed by atoms with Crippen LogP contribution in [0, 0.1) is 5.41 Å². The minimum Gasteiger partial charge on any atom is -0.368 e. The molecular weight excluding hydrogens is 248 g/mol. The van der Waals surface area contributed by atoms with Crippen molar-refractivity contribution in [1.29, 1.82) is 0 Å². The molecule has 2 heterocycles. The molecule has 1 unspecified atom stereocenters. The van der Waals surface area contributed by atoms with E-state index in [1.807, 2.05) is 6.07 Å². The smallest absolute Gasteiger partial charge is 0.151 e. The van der Waals surface area contributed by atoms with Crippen molar-refractivity contribution in [1.82, 2.24) is 15.5 Å². The highest BCUT2D eigenvalue weighted by atomic mass is 35.5. The first kappa shape index (κ1) is 13.6. The van der Waals surface area contributed by atoms with Gasteiger partial charge in [0.1, 0.15) is 5.82 Å². The van der Waals surface area contributed by atoms with Crippen molar-refractivity contribution in [3.8, 4) is 0 Å². The number of piperidine rings is 1. The van der Waals surface area contributed by atoms with Crippen molar-refractivity contribution < 1.29 is 0 Å². The van der Waals surface area contributed by atoms with Crippen LogP contribution in [0.4, 0.5) is 5.82 Å². The van der Waals surface area contributed by atoms with Crippen LogP contribution < -0.4 is 10.6 Å². The highest BCUT2D eigenvalue weighted by Gasteiger charge is 2.30. The molecule has 100 valence electrons. The Hall–Kier alpha value is -0.870. The molecule has 0 saturated carbocycles. The van der Waals surface area contributed by atoms with Crippen LogP contribution >= 0.6 is 11.6 Å². The van der Waals surface area contributed by atoms with Crippen LogP contribution in [0.1, 0.15) is 32.6 Å². The molecule has 2 rings (SSSR count). The topological polar surface area (TPSA) is 49.8 Å². The molecule has 1 fully saturated rings. The maximum absolute atomic E-state index is 5.73. The van der Waals surface area contributed by atoms with Gasteiger partial charge < -0.3 is 10.6 Å². The zero-order valence-electron chi connectivity index (χ0n) is 10.9. The summed E-state index contributed by atoms with van der Waals surface area (Å²) in [4.78, 5) is 0. The molecule has 1 saturated heterocycles. The van der Waals surface area contributed by atoms with E-state index in [0.717, 1.165) is 25.5 Å². The fourth-order valence-corrected chi connectivity index (χ4v) is 2.80. The summed E-state index contributed by atoms with van der Waals surface area (Å²) in [6, 6.07) is 3.65. The number of nitrogens with zero attached hydrogens (tertiary/aromatic N) is 2. The van der Waals surface area contributed by atoms with Gasteiger partial charge in [0.2, 0.25) is 0 Å². The summed E-state index contributed by atoms with van der Waals surface area (Å²) < 4.78 is 0. The van der Waals surface area contributed by atoms with Crippen LogP contribution in [-0.4, -0.2) is 29.8 Å². The largest absolute Gasteiger partial charge is 0.368 e. The number of hydrogen-bond acceptors (Lipinski definition) is 4. The van der Waals surface area contributed by atoms with E-state index in [9.17, 15) is 0 Å². The summed E-state index contributed by atoms with van der Waals surface area (Å²) >= 11 is 5.73. The van der Waals surface area contributed by atoms with Crippen LogP contribution in [-0.2, 0) is 0 Å². The van der Waals surface area contributed by atoms with Crippen LogP contribution in [0.2, 0.25) is 5.15 Å². The van der Waals surface area contributed by atoms with Crippen molar-refractivity contribution in [3.63, 3.8) is 0 Å². The molecule has 2 N–H and O–H groups in total. The predicted octanol–water partition coefficient (Wildman–Crippen LogP) is 2.71. The van der Waals surface area contributed by atoms with Crippen molar-refractivity contribution >= 4 is 17.4 Å². The fourth-order valence-electron chi connectivity index (χ4n) is 2.70. The Labute approximate surface area is 114 Å². The lowest BCUT2D eigenvalue weighted by atomic mass is 9.77. The van der Waals surface area contributed by atoms with Gasteiger partial charge in [0, 0.05) is 18.5 Å². The van der Waals surface area contributed by atoms with E-state index >= 15 is 0 Å². The van der Waals surface area contributed by atoms with Gasteiger partial charge in [-0.05, 0) is 37.9 Å². The minimum absolute atomic E-state index is 0.355. The third kappa shape index (κ3) is 3.56. The van der Waals surface area contributed by atoms with Gasteiger partial charge in [0.05, 0.1) is 0 Å². The molecule has 1 aliphatic rings. The zero-order valence-corrected chi connectivity index (χ0v) is 11.6. The van der Waals surface area contributed by atoms with E-state index < -0.39 is 0 Å². The lowest BCUT2D eigenvalue weighted by molar-refractivity contribution is 0.206. The van der Waals surface area contributed by atoms with E-state index in [-0.39, 0.29) is 0 Å². The Kier molecular flexibility index (Phi) is 4.78. The van der Waals surface area contributed by atoms with E-state index in [4.69, 9.17) is 11.6 Å². The maximum atomic E-state index is 5.73. The van der Waals surface area contributed by atoms with Crippen LogP contribution in [0.25, 0.3) is 0 Å². The number of hydrogen-bond donors (Lipinski definition) is 2. The highest BCUT2D eigenvalue weighted by Crippen LogP contribution is 2.31. The van der Waals surface area contributed by atoms with Gasteiger partial charge >= 0.3 is 0 Å². The van der Waals surface area contributed by atoms with E-state index in [0.29, 0.717) is 10.6 Å². The van der Waals surface area contributed by atoms with Crippen LogP contribution in [0.5, 0.6) is 0 Å². The Morgan fingerprint density at radius 1 is 1.44 bits per heavy atom. The molecule has 5 heteroatoms. The molecule has 1 atom stereocenters. The first-order chi connectivity index (χ1) is 8.74. The van der Waals surface area contributed by atoms with Gasteiger partial charge in [-0.3, -0.25) is 0 Å². The Morgan fingerprint density at radius 2 is 2.33 bits per heavy atom. The second kappa shape index (κ2) is 6.34. The number of rotatable bonds is 5. The molecule has 4 nitrogen and oxygen atoms in total. The SMILES string of the molecule is CCCC1(CNc2ccc(Cl)nn2)CCCNC1. The molecule has 0 bridgehead atoms. The normalized spacial score (nSPS) is 23.9. The predicted molar refractivity (Wildman–Crippen MR) is 75.0 cm³/mol. The van der Waals surface area contributed by atoms with Crippen molar-refractivity contribution in [3.05, 3.63) is 17.3 Å². The van der Waals surface area contributed by atoms with E-state index in [1.165, 1.54) is 25.7 Å². The average molecular weight is 269 g/mol. The summed E-state index contributed by atoms with van der Waals surface area (Å²) in [7, 11) is 0. The molecule has 0 radical (unpaired) electrons. The van der Waals surface area contributed by atoms with Gasteiger partial charge in [-0.1, -0.05) is 24.9 Å². The summed E-state index contributed by atoms with van der Waals surface area (Å²) in [5.41, 5.74) is 0.355. The van der Waals surface area contributed by atoms with Gasteiger partial charge in [0.25, 0.3) is 0 Å². The van der Waals surface area contributed by atoms with Crippen molar-refractivity contribution in [2.75, 3.05) is 25.0 Å². The third-order valence-corrected chi connectivity index (χ3v) is 3.82. The second-order valence-corrected chi connectivity index (χ2v) is 5.51. The van der Waals surface area contributed by atoms with Gasteiger partial charge in [-0.25, -0.2) is 0 Å². The molecule has 18 heavy (non-hydrogen) atoms. The molecule has 0 spiro atoms. The minimum atomic E-state index is 0.355. The van der Waals surface area contributed by atoms with E-state index in [1.54, 1.807) is 6.07 Å². The van der Waals surface area contributed by atoms with E-state index in [2.05, 4.69) is 27.8 Å². The Balaban J connectivity index is 1.94. The molecule has 1 aliphatic heterocycles. The quantitative estimate of drug-likeness (QED) is 0.862. The summed E-state index contributed by atoms with van der Waals surface area (Å²) in [5, 5.41) is 15.2. The maximum Gasteiger partial charge on any atom is 0.151 e. The first-order valence-corrected chi connectivity index (χ1v) is 7.06. The van der Waals surface area contributed by atoms with Gasteiger partial charge in [-0.2, -0.15) is 0 Å². The lowest BCUT2D eigenvalue weighted by Crippen LogP contribution is -2.44. The Bertz CT molecular complexity index is 354. The monoisotopic (exact) mass is 268 g/mol. The number of anilines is 1. The summed E-state index contributed by atoms with van der Waals surface area (Å²) in [6.45, 7) is 5.43. The molecule has 0 amide bonds. The summed E-state index contributed by atoms with van der Waals surface area (Å²) in [5.74, 6) is 0.806. The number of aromatic nitrogens is 2.